The van der Waals surface area contributed by atoms with E-state index in [1.165, 1.54) is 19.3 Å². The number of fused-ring (bicyclic) bond motifs is 1. The molecule has 3 aliphatic rings. The number of hydrogen-bond acceptors (Lipinski definition) is 1. The van der Waals surface area contributed by atoms with Gasteiger partial charge in [0.25, 0.3) is 0 Å². The lowest BCUT2D eigenvalue weighted by Crippen LogP contribution is -2.37. The Morgan fingerprint density at radius 2 is 1.81 bits per heavy atom. The summed E-state index contributed by atoms with van der Waals surface area (Å²) in [5.74, 6) is 5.07. The van der Waals surface area contributed by atoms with Gasteiger partial charge in [-0.05, 0) is 61.3 Å². The zero-order valence-electron chi connectivity index (χ0n) is 11.3. The normalized spacial score (nSPS) is 60.0. The molecule has 16 heavy (non-hydrogen) atoms. The molecule has 92 valence electrons. The molecular formula is C15H27N. The van der Waals surface area contributed by atoms with E-state index in [1.807, 2.05) is 0 Å². The Kier molecular flexibility index (Phi) is 2.41. The quantitative estimate of drug-likeness (QED) is 0.716. The monoisotopic (exact) mass is 221 g/mol. The van der Waals surface area contributed by atoms with Gasteiger partial charge in [0.2, 0.25) is 0 Å². The van der Waals surface area contributed by atoms with Gasteiger partial charge in [-0.3, -0.25) is 0 Å². The van der Waals surface area contributed by atoms with Crippen molar-refractivity contribution in [3.8, 4) is 0 Å². The SMILES string of the molecule is CNC1CC(C)C(C)CC[C@H]2C[C@@H]3C2C13C. The van der Waals surface area contributed by atoms with Gasteiger partial charge in [0.05, 0.1) is 0 Å². The molecule has 3 saturated carbocycles. The Hall–Kier alpha value is -0.0400. The predicted octanol–water partition coefficient (Wildman–Crippen LogP) is 3.30. The lowest BCUT2D eigenvalue weighted by Gasteiger charge is -2.30. The maximum atomic E-state index is 3.64. The predicted molar refractivity (Wildman–Crippen MR) is 68.2 cm³/mol. The van der Waals surface area contributed by atoms with Crippen LogP contribution >= 0.6 is 0 Å². The van der Waals surface area contributed by atoms with Crippen molar-refractivity contribution in [1.29, 1.82) is 0 Å². The van der Waals surface area contributed by atoms with E-state index in [9.17, 15) is 0 Å². The average molecular weight is 221 g/mol. The Morgan fingerprint density at radius 1 is 1.06 bits per heavy atom. The summed E-state index contributed by atoms with van der Waals surface area (Å²) in [6, 6.07) is 0.781. The highest BCUT2D eigenvalue weighted by Crippen LogP contribution is 2.76. The summed E-state index contributed by atoms with van der Waals surface area (Å²) in [6.07, 6.45) is 5.93. The van der Waals surface area contributed by atoms with Crippen LogP contribution in [0.5, 0.6) is 0 Å². The van der Waals surface area contributed by atoms with Gasteiger partial charge >= 0.3 is 0 Å². The fourth-order valence-corrected chi connectivity index (χ4v) is 5.01. The molecule has 3 aliphatic carbocycles. The fraction of sp³-hybridized carbons (Fsp3) is 1.00. The van der Waals surface area contributed by atoms with Crippen molar-refractivity contribution < 1.29 is 0 Å². The summed E-state index contributed by atoms with van der Waals surface area (Å²) in [5.41, 5.74) is 0.664. The van der Waals surface area contributed by atoms with Crippen LogP contribution in [0.1, 0.15) is 46.5 Å². The third-order valence-electron chi connectivity index (χ3n) is 6.58. The van der Waals surface area contributed by atoms with Gasteiger partial charge in [0.15, 0.2) is 0 Å². The van der Waals surface area contributed by atoms with Crippen LogP contribution in [0.4, 0.5) is 0 Å². The van der Waals surface area contributed by atoms with E-state index in [0.29, 0.717) is 5.41 Å². The molecule has 0 bridgehead atoms. The summed E-state index contributed by atoms with van der Waals surface area (Å²) in [5, 5.41) is 3.64. The molecule has 1 nitrogen and oxygen atoms in total. The van der Waals surface area contributed by atoms with Crippen molar-refractivity contribution in [3.05, 3.63) is 0 Å². The molecule has 0 spiro atoms. The zero-order chi connectivity index (χ0) is 11.5. The second kappa shape index (κ2) is 3.48. The molecule has 3 rings (SSSR count). The van der Waals surface area contributed by atoms with Crippen molar-refractivity contribution >= 4 is 0 Å². The van der Waals surface area contributed by atoms with Crippen LogP contribution in [0.15, 0.2) is 0 Å². The maximum Gasteiger partial charge on any atom is 0.0126 e. The molecule has 0 aliphatic heterocycles. The minimum absolute atomic E-state index is 0.664. The van der Waals surface area contributed by atoms with Gasteiger partial charge in [0.1, 0.15) is 0 Å². The summed E-state index contributed by atoms with van der Waals surface area (Å²) in [7, 11) is 2.18. The van der Waals surface area contributed by atoms with E-state index in [4.69, 9.17) is 0 Å². The van der Waals surface area contributed by atoms with Gasteiger partial charge in [0, 0.05) is 6.04 Å². The van der Waals surface area contributed by atoms with Crippen molar-refractivity contribution in [3.63, 3.8) is 0 Å². The fourth-order valence-electron chi connectivity index (χ4n) is 5.01. The summed E-state index contributed by atoms with van der Waals surface area (Å²) >= 11 is 0. The Balaban J connectivity index is 1.82. The molecule has 0 aromatic rings. The molecular weight excluding hydrogens is 194 g/mol. The van der Waals surface area contributed by atoms with Crippen LogP contribution in [0.3, 0.4) is 0 Å². The van der Waals surface area contributed by atoms with E-state index in [2.05, 4.69) is 33.1 Å². The summed E-state index contributed by atoms with van der Waals surface area (Å²) < 4.78 is 0. The molecule has 0 aromatic carbocycles. The van der Waals surface area contributed by atoms with Crippen molar-refractivity contribution in [1.82, 2.24) is 5.32 Å². The topological polar surface area (TPSA) is 12.0 Å². The first kappa shape index (κ1) is 11.1. The first-order valence-electron chi connectivity index (χ1n) is 7.26. The second-order valence-electron chi connectivity index (χ2n) is 7.10. The largest absolute Gasteiger partial charge is 0.316 e. The van der Waals surface area contributed by atoms with E-state index < -0.39 is 0 Å². The molecule has 0 heterocycles. The highest BCUT2D eigenvalue weighted by Gasteiger charge is 2.73. The Labute approximate surface area is 100 Å². The molecule has 0 aromatic heterocycles. The number of nitrogens with one attached hydrogen (secondary N) is 1. The first-order valence-corrected chi connectivity index (χ1v) is 7.26. The number of hydrogen-bond donors (Lipinski definition) is 1. The van der Waals surface area contributed by atoms with E-state index in [1.54, 1.807) is 6.42 Å². The van der Waals surface area contributed by atoms with E-state index in [-0.39, 0.29) is 0 Å². The van der Waals surface area contributed by atoms with Gasteiger partial charge in [-0.2, -0.15) is 0 Å². The minimum Gasteiger partial charge on any atom is -0.316 e. The molecule has 1 heteroatoms. The van der Waals surface area contributed by atoms with E-state index >= 15 is 0 Å². The van der Waals surface area contributed by atoms with Gasteiger partial charge in [-0.1, -0.05) is 27.2 Å². The molecule has 5 unspecified atom stereocenters. The number of rotatable bonds is 1. The molecule has 0 saturated heterocycles. The summed E-state index contributed by atoms with van der Waals surface area (Å²) in [4.78, 5) is 0. The van der Waals surface area contributed by atoms with Crippen molar-refractivity contribution in [2.45, 2.75) is 52.5 Å². The van der Waals surface area contributed by atoms with Gasteiger partial charge in [-0.25, -0.2) is 0 Å². The van der Waals surface area contributed by atoms with Crippen LogP contribution in [0.2, 0.25) is 0 Å². The molecule has 7 atom stereocenters. The van der Waals surface area contributed by atoms with E-state index in [0.717, 1.165) is 35.6 Å². The Morgan fingerprint density at radius 3 is 2.50 bits per heavy atom. The average Bonchev–Trinajstić information content (AvgIpc) is 2.69. The standard InChI is InChI=1S/C15H27N/c1-9-5-6-11-8-12-14(11)15(12,3)13(16-4)7-10(9)2/h9-14,16H,5-8H2,1-4H3/t9?,10?,11-,12+,13?,14?,15?/m0/s1. The van der Waals surface area contributed by atoms with Gasteiger partial charge in [-0.15, -0.1) is 0 Å². The van der Waals surface area contributed by atoms with Crippen LogP contribution in [0.25, 0.3) is 0 Å². The lowest BCUT2D eigenvalue weighted by atomic mass is 9.78. The highest BCUT2D eigenvalue weighted by molar-refractivity contribution is 5.22. The van der Waals surface area contributed by atoms with Crippen molar-refractivity contribution in [2.24, 2.45) is 35.0 Å². The van der Waals surface area contributed by atoms with Crippen LogP contribution in [-0.4, -0.2) is 13.1 Å². The highest BCUT2D eigenvalue weighted by atomic mass is 15.0. The smallest absolute Gasteiger partial charge is 0.0126 e. The molecule has 0 radical (unpaired) electrons. The lowest BCUT2D eigenvalue weighted by molar-refractivity contribution is 0.223. The summed E-state index contributed by atoms with van der Waals surface area (Å²) in [6.45, 7) is 7.49. The van der Waals surface area contributed by atoms with Crippen LogP contribution < -0.4 is 5.32 Å². The third-order valence-corrected chi connectivity index (χ3v) is 6.58. The zero-order valence-corrected chi connectivity index (χ0v) is 11.3. The first-order chi connectivity index (χ1) is 7.59. The van der Waals surface area contributed by atoms with Gasteiger partial charge < -0.3 is 5.32 Å². The Bertz CT molecular complexity index is 287. The minimum atomic E-state index is 0.664. The molecule has 0 amide bonds. The van der Waals surface area contributed by atoms with Crippen molar-refractivity contribution in [2.75, 3.05) is 7.05 Å². The van der Waals surface area contributed by atoms with Crippen LogP contribution in [0, 0.1) is 35.0 Å². The maximum absolute atomic E-state index is 3.64. The third kappa shape index (κ3) is 1.27. The van der Waals surface area contributed by atoms with Crippen LogP contribution in [-0.2, 0) is 0 Å². The second-order valence-corrected chi connectivity index (χ2v) is 7.10. The molecule has 1 N–H and O–H groups in total. The molecule has 3 fully saturated rings.